The van der Waals surface area contributed by atoms with Crippen molar-refractivity contribution in [2.75, 3.05) is 12.4 Å². The van der Waals surface area contributed by atoms with Crippen LogP contribution in [0.25, 0.3) is 0 Å². The van der Waals surface area contributed by atoms with Crippen LogP contribution in [0.5, 0.6) is 0 Å². The molecular weight excluding hydrogens is 204 g/mol. The standard InChI is InChI=1S/C9H15ClN2O2/c1-9(2,5-10)8(14)12-4-3-6(12)7(11)13/h6H,3-5H2,1-2H3,(H2,11,13). The van der Waals surface area contributed by atoms with Crippen molar-refractivity contribution in [2.45, 2.75) is 26.3 Å². The van der Waals surface area contributed by atoms with Crippen molar-refractivity contribution in [3.05, 3.63) is 0 Å². The Bertz CT molecular complexity index is 266. The highest BCUT2D eigenvalue weighted by Crippen LogP contribution is 2.27. The first-order chi connectivity index (χ1) is 6.40. The fraction of sp³-hybridized carbons (Fsp3) is 0.778. The number of primary amides is 1. The summed E-state index contributed by atoms with van der Waals surface area (Å²) in [7, 11) is 0. The highest BCUT2D eigenvalue weighted by molar-refractivity contribution is 6.19. The number of alkyl halides is 1. The lowest BCUT2D eigenvalue weighted by atomic mass is 9.90. The van der Waals surface area contributed by atoms with Crippen molar-refractivity contribution in [3.8, 4) is 0 Å². The third-order valence-electron chi connectivity index (χ3n) is 2.52. The fourth-order valence-corrected chi connectivity index (χ4v) is 1.49. The predicted molar refractivity (Wildman–Crippen MR) is 53.8 cm³/mol. The third-order valence-corrected chi connectivity index (χ3v) is 3.19. The van der Waals surface area contributed by atoms with E-state index < -0.39 is 17.4 Å². The van der Waals surface area contributed by atoms with Crippen molar-refractivity contribution < 1.29 is 9.59 Å². The third kappa shape index (κ3) is 1.85. The molecule has 0 saturated carbocycles. The van der Waals surface area contributed by atoms with Gasteiger partial charge in [-0.2, -0.15) is 0 Å². The van der Waals surface area contributed by atoms with Gasteiger partial charge < -0.3 is 10.6 Å². The van der Waals surface area contributed by atoms with E-state index in [1.165, 1.54) is 4.90 Å². The molecular formula is C9H15ClN2O2. The second-order valence-electron chi connectivity index (χ2n) is 4.22. The summed E-state index contributed by atoms with van der Waals surface area (Å²) in [4.78, 5) is 24.2. The molecule has 0 spiro atoms. The number of carbonyl (C=O) groups is 2. The first-order valence-electron chi connectivity index (χ1n) is 4.56. The van der Waals surface area contributed by atoms with Gasteiger partial charge in [-0.25, -0.2) is 0 Å². The van der Waals surface area contributed by atoms with Crippen molar-refractivity contribution in [1.82, 2.24) is 4.90 Å². The molecule has 2 N–H and O–H groups in total. The van der Waals surface area contributed by atoms with Gasteiger partial charge in [0, 0.05) is 12.4 Å². The lowest BCUT2D eigenvalue weighted by Crippen LogP contribution is -2.60. The molecule has 1 fully saturated rings. The Labute approximate surface area is 88.4 Å². The van der Waals surface area contributed by atoms with E-state index in [1.54, 1.807) is 13.8 Å². The molecule has 1 unspecified atom stereocenters. The lowest BCUT2D eigenvalue weighted by molar-refractivity contribution is -0.152. The number of hydrogen-bond acceptors (Lipinski definition) is 2. The Kier molecular flexibility index (Phi) is 3.04. The van der Waals surface area contributed by atoms with Crippen LogP contribution in [0.3, 0.4) is 0 Å². The van der Waals surface area contributed by atoms with Crippen LogP contribution in [0, 0.1) is 5.41 Å². The zero-order valence-electron chi connectivity index (χ0n) is 8.42. The maximum absolute atomic E-state index is 11.8. The maximum atomic E-state index is 11.8. The normalized spacial score (nSPS) is 21.6. The highest BCUT2D eigenvalue weighted by atomic mass is 35.5. The minimum absolute atomic E-state index is 0.0949. The molecule has 0 bridgehead atoms. The molecule has 1 heterocycles. The Morgan fingerprint density at radius 2 is 2.14 bits per heavy atom. The minimum atomic E-state index is -0.615. The van der Waals surface area contributed by atoms with E-state index in [4.69, 9.17) is 17.3 Å². The van der Waals surface area contributed by atoms with Gasteiger partial charge in [-0.3, -0.25) is 9.59 Å². The van der Waals surface area contributed by atoms with Gasteiger partial charge in [0.15, 0.2) is 0 Å². The summed E-state index contributed by atoms with van der Waals surface area (Å²) in [5, 5.41) is 0. The molecule has 5 heteroatoms. The van der Waals surface area contributed by atoms with Crippen molar-refractivity contribution in [1.29, 1.82) is 0 Å². The van der Waals surface area contributed by atoms with Gasteiger partial charge >= 0.3 is 0 Å². The molecule has 2 amide bonds. The molecule has 0 aromatic carbocycles. The Hall–Kier alpha value is -0.770. The number of nitrogens with two attached hydrogens (primary N) is 1. The molecule has 1 atom stereocenters. The van der Waals surface area contributed by atoms with Gasteiger partial charge in [-0.05, 0) is 20.3 Å². The molecule has 80 valence electrons. The zero-order chi connectivity index (χ0) is 10.9. The average Bonchev–Trinajstić information content (AvgIpc) is 2.01. The molecule has 0 aromatic rings. The largest absolute Gasteiger partial charge is 0.368 e. The van der Waals surface area contributed by atoms with Crippen LogP contribution in [0.1, 0.15) is 20.3 Å². The number of hydrogen-bond donors (Lipinski definition) is 1. The van der Waals surface area contributed by atoms with Crippen LogP contribution in [0.4, 0.5) is 0 Å². The molecule has 1 aliphatic heterocycles. The highest BCUT2D eigenvalue weighted by Gasteiger charge is 2.41. The molecule has 0 radical (unpaired) electrons. The van der Waals surface area contributed by atoms with Crippen LogP contribution in [0.2, 0.25) is 0 Å². The van der Waals surface area contributed by atoms with E-state index in [2.05, 4.69) is 0 Å². The summed E-state index contributed by atoms with van der Waals surface area (Å²) >= 11 is 5.68. The molecule has 4 nitrogen and oxygen atoms in total. The fourth-order valence-electron chi connectivity index (χ4n) is 1.37. The predicted octanol–water partition coefficient (Wildman–Crippen LogP) is 0.338. The number of likely N-dealkylation sites (tertiary alicyclic amines) is 1. The molecule has 0 aromatic heterocycles. The first-order valence-corrected chi connectivity index (χ1v) is 5.10. The smallest absolute Gasteiger partial charge is 0.240 e. The maximum Gasteiger partial charge on any atom is 0.240 e. The van der Waals surface area contributed by atoms with Gasteiger partial charge in [-0.1, -0.05) is 0 Å². The molecule has 1 saturated heterocycles. The number of amides is 2. The van der Waals surface area contributed by atoms with Crippen LogP contribution in [-0.2, 0) is 9.59 Å². The molecule has 1 aliphatic rings. The molecule has 0 aliphatic carbocycles. The Balaban J connectivity index is 2.67. The summed E-state index contributed by atoms with van der Waals surface area (Å²) < 4.78 is 0. The van der Waals surface area contributed by atoms with Gasteiger partial charge in [0.05, 0.1) is 5.41 Å². The van der Waals surface area contributed by atoms with E-state index in [0.717, 1.165) is 0 Å². The quantitative estimate of drug-likeness (QED) is 0.695. The van der Waals surface area contributed by atoms with Crippen LogP contribution in [0.15, 0.2) is 0 Å². The van der Waals surface area contributed by atoms with Gasteiger partial charge in [-0.15, -0.1) is 11.6 Å². The average molecular weight is 219 g/mol. The molecule has 1 rings (SSSR count). The van der Waals surface area contributed by atoms with Crippen LogP contribution >= 0.6 is 11.6 Å². The van der Waals surface area contributed by atoms with Crippen LogP contribution in [-0.4, -0.2) is 35.2 Å². The summed E-state index contributed by atoms with van der Waals surface area (Å²) in [6.07, 6.45) is 0.666. The lowest BCUT2D eigenvalue weighted by Gasteiger charge is -2.42. The monoisotopic (exact) mass is 218 g/mol. The van der Waals surface area contributed by atoms with Gasteiger partial charge in [0.2, 0.25) is 11.8 Å². The summed E-state index contributed by atoms with van der Waals surface area (Å²) in [6, 6.07) is -0.426. The van der Waals surface area contributed by atoms with Crippen LogP contribution < -0.4 is 5.73 Å². The van der Waals surface area contributed by atoms with Crippen molar-refractivity contribution in [3.63, 3.8) is 0 Å². The number of rotatable bonds is 3. The van der Waals surface area contributed by atoms with Crippen molar-refractivity contribution >= 4 is 23.4 Å². The van der Waals surface area contributed by atoms with E-state index in [1.807, 2.05) is 0 Å². The minimum Gasteiger partial charge on any atom is -0.368 e. The summed E-state index contributed by atoms with van der Waals surface area (Å²) in [6.45, 7) is 4.13. The number of nitrogens with zero attached hydrogens (tertiary/aromatic N) is 1. The number of carbonyl (C=O) groups excluding carboxylic acids is 2. The van der Waals surface area contributed by atoms with Gasteiger partial charge in [0.25, 0.3) is 0 Å². The molecule has 14 heavy (non-hydrogen) atoms. The van der Waals surface area contributed by atoms with Crippen molar-refractivity contribution in [2.24, 2.45) is 11.1 Å². The van der Waals surface area contributed by atoms with Gasteiger partial charge in [0.1, 0.15) is 6.04 Å². The number of halogens is 1. The summed E-state index contributed by atoms with van der Waals surface area (Å²) in [5.74, 6) is -0.286. The Morgan fingerprint density at radius 1 is 1.57 bits per heavy atom. The second kappa shape index (κ2) is 3.77. The summed E-state index contributed by atoms with van der Waals surface area (Å²) in [5.41, 5.74) is 4.53. The Morgan fingerprint density at radius 3 is 2.43 bits per heavy atom. The first kappa shape index (κ1) is 11.3. The second-order valence-corrected chi connectivity index (χ2v) is 4.49. The van der Waals surface area contributed by atoms with E-state index in [9.17, 15) is 9.59 Å². The van der Waals surface area contributed by atoms with E-state index in [0.29, 0.717) is 13.0 Å². The zero-order valence-corrected chi connectivity index (χ0v) is 9.17. The topological polar surface area (TPSA) is 63.4 Å². The SMILES string of the molecule is CC(C)(CCl)C(=O)N1CCC1C(N)=O. The van der Waals surface area contributed by atoms with E-state index >= 15 is 0 Å². The van der Waals surface area contributed by atoms with E-state index in [-0.39, 0.29) is 11.8 Å².